The van der Waals surface area contributed by atoms with E-state index in [9.17, 15) is 0 Å². The second kappa shape index (κ2) is 1.97. The van der Waals surface area contributed by atoms with Gasteiger partial charge >= 0.3 is 0 Å². The third-order valence-corrected chi connectivity index (χ3v) is 3.29. The van der Waals surface area contributed by atoms with Crippen LogP contribution in [0.15, 0.2) is 0 Å². The van der Waals surface area contributed by atoms with Crippen LogP contribution >= 0.6 is 0 Å². The van der Waals surface area contributed by atoms with E-state index in [1.54, 1.807) is 0 Å². The molecular formula is C9H16O. The van der Waals surface area contributed by atoms with Crippen LogP contribution in [0.25, 0.3) is 0 Å². The summed E-state index contributed by atoms with van der Waals surface area (Å²) >= 11 is 0. The highest BCUT2D eigenvalue weighted by atomic mass is 16.3. The Bertz CT molecular complexity index is 130. The smallest absolute Gasteiger partial charge is 0.0550 e. The van der Waals surface area contributed by atoms with Crippen molar-refractivity contribution >= 4 is 0 Å². The van der Waals surface area contributed by atoms with Crippen LogP contribution in [0.2, 0.25) is 0 Å². The fourth-order valence-electron chi connectivity index (χ4n) is 2.81. The lowest BCUT2D eigenvalue weighted by Crippen LogP contribution is -2.38. The summed E-state index contributed by atoms with van der Waals surface area (Å²) in [5.74, 6) is 0.924. The summed E-state index contributed by atoms with van der Waals surface area (Å²) in [6.45, 7) is 2.33. The lowest BCUT2D eigenvalue weighted by molar-refractivity contribution is -0.0294. The molecule has 0 bridgehead atoms. The molecule has 0 aromatic rings. The highest BCUT2D eigenvalue weighted by Crippen LogP contribution is 2.54. The second-order valence-corrected chi connectivity index (χ2v) is 4.41. The Morgan fingerprint density at radius 3 is 2.40 bits per heavy atom. The highest BCUT2D eigenvalue weighted by Gasteiger charge is 2.46. The van der Waals surface area contributed by atoms with E-state index in [1.807, 2.05) is 0 Å². The normalized spacial score (nSPS) is 53.4. The van der Waals surface area contributed by atoms with Gasteiger partial charge in [0, 0.05) is 0 Å². The van der Waals surface area contributed by atoms with E-state index in [2.05, 4.69) is 6.92 Å². The van der Waals surface area contributed by atoms with Crippen LogP contribution in [-0.4, -0.2) is 11.2 Å². The largest absolute Gasteiger partial charge is 0.393 e. The van der Waals surface area contributed by atoms with E-state index in [0.29, 0.717) is 5.41 Å². The molecule has 2 saturated carbocycles. The van der Waals surface area contributed by atoms with Crippen molar-refractivity contribution in [2.24, 2.45) is 11.3 Å². The molecule has 10 heavy (non-hydrogen) atoms. The summed E-state index contributed by atoms with van der Waals surface area (Å²) in [7, 11) is 0. The fourth-order valence-corrected chi connectivity index (χ4v) is 2.81. The molecule has 1 nitrogen and oxygen atoms in total. The SMILES string of the molecule is CC1CCC2(C1)CC(O)C2. The average molecular weight is 140 g/mol. The van der Waals surface area contributed by atoms with Crippen LogP contribution in [0, 0.1) is 11.3 Å². The van der Waals surface area contributed by atoms with Crippen molar-refractivity contribution in [1.29, 1.82) is 0 Å². The lowest BCUT2D eigenvalue weighted by atomic mass is 9.65. The zero-order valence-corrected chi connectivity index (χ0v) is 6.64. The molecule has 0 aromatic heterocycles. The van der Waals surface area contributed by atoms with Gasteiger partial charge in [-0.05, 0) is 37.0 Å². The minimum Gasteiger partial charge on any atom is -0.393 e. The summed E-state index contributed by atoms with van der Waals surface area (Å²) in [6.07, 6.45) is 6.39. The van der Waals surface area contributed by atoms with Gasteiger partial charge in [-0.25, -0.2) is 0 Å². The van der Waals surface area contributed by atoms with Crippen molar-refractivity contribution < 1.29 is 5.11 Å². The zero-order valence-electron chi connectivity index (χ0n) is 6.64. The Labute approximate surface area is 62.4 Å². The molecule has 2 aliphatic rings. The van der Waals surface area contributed by atoms with Gasteiger partial charge in [-0.1, -0.05) is 13.3 Å². The molecule has 0 radical (unpaired) electrons. The third-order valence-electron chi connectivity index (χ3n) is 3.29. The van der Waals surface area contributed by atoms with E-state index in [-0.39, 0.29) is 6.10 Å². The van der Waals surface area contributed by atoms with Crippen molar-refractivity contribution in [3.8, 4) is 0 Å². The van der Waals surface area contributed by atoms with Crippen molar-refractivity contribution in [3.63, 3.8) is 0 Å². The number of rotatable bonds is 0. The van der Waals surface area contributed by atoms with Crippen LogP contribution in [0.3, 0.4) is 0 Å². The number of hydrogen-bond acceptors (Lipinski definition) is 1. The number of aliphatic hydroxyl groups excluding tert-OH is 1. The van der Waals surface area contributed by atoms with Crippen molar-refractivity contribution in [2.75, 3.05) is 0 Å². The molecule has 1 N–H and O–H groups in total. The fraction of sp³-hybridized carbons (Fsp3) is 1.00. The van der Waals surface area contributed by atoms with Gasteiger partial charge < -0.3 is 5.11 Å². The first-order valence-electron chi connectivity index (χ1n) is 4.38. The third kappa shape index (κ3) is 0.878. The van der Waals surface area contributed by atoms with Gasteiger partial charge in [-0.15, -0.1) is 0 Å². The van der Waals surface area contributed by atoms with Gasteiger partial charge in [0.25, 0.3) is 0 Å². The maximum Gasteiger partial charge on any atom is 0.0550 e. The van der Waals surface area contributed by atoms with Gasteiger partial charge in [-0.2, -0.15) is 0 Å². The lowest BCUT2D eigenvalue weighted by Gasteiger charge is -2.42. The van der Waals surface area contributed by atoms with E-state index in [0.717, 1.165) is 18.8 Å². The Kier molecular flexibility index (Phi) is 1.31. The zero-order chi connectivity index (χ0) is 7.19. The van der Waals surface area contributed by atoms with Gasteiger partial charge in [0.1, 0.15) is 0 Å². The summed E-state index contributed by atoms with van der Waals surface area (Å²) < 4.78 is 0. The van der Waals surface area contributed by atoms with Crippen molar-refractivity contribution in [2.45, 2.75) is 45.1 Å². The second-order valence-electron chi connectivity index (χ2n) is 4.41. The van der Waals surface area contributed by atoms with E-state index in [1.165, 1.54) is 19.3 Å². The molecule has 1 spiro atoms. The van der Waals surface area contributed by atoms with Crippen LogP contribution in [0.1, 0.15) is 39.0 Å². The molecule has 0 saturated heterocycles. The highest BCUT2D eigenvalue weighted by molar-refractivity contribution is 4.98. The Balaban J connectivity index is 1.95. The first-order valence-corrected chi connectivity index (χ1v) is 4.38. The van der Waals surface area contributed by atoms with Crippen LogP contribution in [0.4, 0.5) is 0 Å². The maximum atomic E-state index is 9.16. The molecule has 58 valence electrons. The van der Waals surface area contributed by atoms with Crippen molar-refractivity contribution in [1.82, 2.24) is 0 Å². The molecule has 0 aromatic carbocycles. The monoisotopic (exact) mass is 140 g/mol. The molecule has 2 aliphatic carbocycles. The molecule has 0 aliphatic heterocycles. The predicted molar refractivity (Wildman–Crippen MR) is 40.7 cm³/mol. The minimum absolute atomic E-state index is 0.0466. The van der Waals surface area contributed by atoms with Gasteiger partial charge in [-0.3, -0.25) is 0 Å². The predicted octanol–water partition coefficient (Wildman–Crippen LogP) is 1.95. The molecule has 1 unspecified atom stereocenters. The molecule has 2 rings (SSSR count). The van der Waals surface area contributed by atoms with Gasteiger partial charge in [0.15, 0.2) is 0 Å². The molecule has 1 heteroatoms. The first kappa shape index (κ1) is 6.66. The van der Waals surface area contributed by atoms with Crippen LogP contribution in [0.5, 0.6) is 0 Å². The average Bonchev–Trinajstić information content (AvgIpc) is 2.10. The summed E-state index contributed by atoms with van der Waals surface area (Å²) in [4.78, 5) is 0. The van der Waals surface area contributed by atoms with Gasteiger partial charge in [0.05, 0.1) is 6.10 Å². The molecule has 1 atom stereocenters. The van der Waals surface area contributed by atoms with Crippen LogP contribution < -0.4 is 0 Å². The Morgan fingerprint density at radius 1 is 1.30 bits per heavy atom. The minimum atomic E-state index is 0.0466. The van der Waals surface area contributed by atoms with E-state index >= 15 is 0 Å². The Morgan fingerprint density at radius 2 is 2.00 bits per heavy atom. The van der Waals surface area contributed by atoms with Crippen molar-refractivity contribution in [3.05, 3.63) is 0 Å². The maximum absolute atomic E-state index is 9.16. The summed E-state index contributed by atoms with van der Waals surface area (Å²) in [5, 5.41) is 9.16. The summed E-state index contributed by atoms with van der Waals surface area (Å²) in [5.41, 5.74) is 0.610. The van der Waals surface area contributed by atoms with Crippen LogP contribution in [-0.2, 0) is 0 Å². The van der Waals surface area contributed by atoms with E-state index in [4.69, 9.17) is 5.11 Å². The topological polar surface area (TPSA) is 20.2 Å². The number of hydrogen-bond donors (Lipinski definition) is 1. The number of aliphatic hydroxyl groups is 1. The van der Waals surface area contributed by atoms with E-state index < -0.39 is 0 Å². The Hall–Kier alpha value is -0.0400. The molecule has 2 fully saturated rings. The standard InChI is InChI=1S/C9H16O/c1-7-2-3-9(4-7)5-8(10)6-9/h7-8,10H,2-6H2,1H3. The summed E-state index contributed by atoms with van der Waals surface area (Å²) in [6, 6.07) is 0. The molecule has 0 heterocycles. The quantitative estimate of drug-likeness (QED) is 0.545. The molecule has 0 amide bonds. The molecular weight excluding hydrogens is 124 g/mol. The first-order chi connectivity index (χ1) is 4.70. The van der Waals surface area contributed by atoms with Gasteiger partial charge in [0.2, 0.25) is 0 Å².